The fourth-order valence-electron chi connectivity index (χ4n) is 3.38. The number of benzene rings is 1. The van der Waals surface area contributed by atoms with E-state index in [0.717, 1.165) is 31.2 Å². The van der Waals surface area contributed by atoms with E-state index in [0.29, 0.717) is 16.6 Å². The molecule has 0 bridgehead atoms. The van der Waals surface area contributed by atoms with Gasteiger partial charge < -0.3 is 14.7 Å². The number of amides is 1. The predicted octanol–water partition coefficient (Wildman–Crippen LogP) is 3.13. The van der Waals surface area contributed by atoms with E-state index in [4.69, 9.17) is 17.0 Å². The van der Waals surface area contributed by atoms with Crippen LogP contribution < -0.4 is 4.74 Å². The van der Waals surface area contributed by atoms with Crippen LogP contribution in [-0.4, -0.2) is 46.1 Å². The smallest absolute Gasteiger partial charge is 0.277 e. The SMILES string of the molecule is COc1cc(/C=C2/C(=O)N(C3CCCCC3)C(=S)N2C)ccc1O. The van der Waals surface area contributed by atoms with Gasteiger partial charge in [-0.1, -0.05) is 25.3 Å². The van der Waals surface area contributed by atoms with Gasteiger partial charge in [-0.05, 0) is 48.8 Å². The van der Waals surface area contributed by atoms with Crippen LogP contribution in [0.1, 0.15) is 37.7 Å². The van der Waals surface area contributed by atoms with Crippen molar-refractivity contribution in [2.45, 2.75) is 38.1 Å². The lowest BCUT2D eigenvalue weighted by Gasteiger charge is -2.30. The van der Waals surface area contributed by atoms with Crippen molar-refractivity contribution in [3.05, 3.63) is 29.5 Å². The Morgan fingerprint density at radius 1 is 1.29 bits per heavy atom. The quantitative estimate of drug-likeness (QED) is 0.673. The number of nitrogens with zero attached hydrogens (tertiary/aromatic N) is 2. The highest BCUT2D eigenvalue weighted by Gasteiger charge is 2.40. The Hall–Kier alpha value is -2.08. The summed E-state index contributed by atoms with van der Waals surface area (Å²) < 4.78 is 5.13. The molecule has 1 saturated heterocycles. The molecule has 1 N–H and O–H groups in total. The van der Waals surface area contributed by atoms with Gasteiger partial charge >= 0.3 is 0 Å². The van der Waals surface area contributed by atoms with E-state index in [2.05, 4.69) is 0 Å². The number of carbonyl (C=O) groups is 1. The maximum atomic E-state index is 12.9. The van der Waals surface area contributed by atoms with Crippen LogP contribution in [0.15, 0.2) is 23.9 Å². The molecule has 0 spiro atoms. The minimum Gasteiger partial charge on any atom is -0.504 e. The fourth-order valence-corrected chi connectivity index (χ4v) is 3.71. The Kier molecular flexibility index (Phi) is 4.76. The monoisotopic (exact) mass is 346 g/mol. The molecule has 2 fully saturated rings. The molecule has 1 aliphatic carbocycles. The summed E-state index contributed by atoms with van der Waals surface area (Å²) in [5.74, 6) is 0.413. The van der Waals surface area contributed by atoms with Gasteiger partial charge in [0.1, 0.15) is 5.70 Å². The summed E-state index contributed by atoms with van der Waals surface area (Å²) in [6.45, 7) is 0. The number of rotatable bonds is 3. The number of thiocarbonyl (C=S) groups is 1. The highest BCUT2D eigenvalue weighted by Crippen LogP contribution is 2.32. The molecule has 1 aromatic carbocycles. The number of aromatic hydroxyl groups is 1. The number of likely N-dealkylation sites (N-methyl/N-ethyl adjacent to an activating group) is 1. The van der Waals surface area contributed by atoms with Crippen LogP contribution in [0.4, 0.5) is 0 Å². The van der Waals surface area contributed by atoms with E-state index >= 15 is 0 Å². The molecular formula is C18H22N2O3S. The molecule has 5 nitrogen and oxygen atoms in total. The van der Waals surface area contributed by atoms with Crippen LogP contribution in [0.25, 0.3) is 6.08 Å². The van der Waals surface area contributed by atoms with Gasteiger partial charge in [0.25, 0.3) is 5.91 Å². The number of phenols is 1. The molecule has 1 aliphatic heterocycles. The van der Waals surface area contributed by atoms with E-state index in [1.807, 2.05) is 7.05 Å². The summed E-state index contributed by atoms with van der Waals surface area (Å²) >= 11 is 5.51. The van der Waals surface area contributed by atoms with Crippen LogP contribution in [0.2, 0.25) is 0 Å². The lowest BCUT2D eigenvalue weighted by atomic mass is 9.94. The molecule has 0 atom stereocenters. The summed E-state index contributed by atoms with van der Waals surface area (Å²) in [6.07, 6.45) is 7.35. The van der Waals surface area contributed by atoms with Crippen LogP contribution in [0.5, 0.6) is 11.5 Å². The van der Waals surface area contributed by atoms with Crippen LogP contribution >= 0.6 is 12.2 Å². The third-order valence-electron chi connectivity index (χ3n) is 4.74. The number of hydrogen-bond acceptors (Lipinski definition) is 4. The standard InChI is InChI=1S/C18H22N2O3S/c1-19-14(10-12-8-9-15(21)16(11-12)23-2)17(22)20(18(19)24)13-6-4-3-5-7-13/h8-11,13,21H,3-7H2,1-2H3/b14-10-. The summed E-state index contributed by atoms with van der Waals surface area (Å²) in [5, 5.41) is 10.3. The largest absolute Gasteiger partial charge is 0.504 e. The number of ether oxygens (including phenoxy) is 1. The topological polar surface area (TPSA) is 53.0 Å². The molecule has 0 radical (unpaired) electrons. The first kappa shape index (κ1) is 16.8. The van der Waals surface area contributed by atoms with Gasteiger partial charge in [0.05, 0.1) is 7.11 Å². The van der Waals surface area contributed by atoms with Gasteiger partial charge in [0.2, 0.25) is 0 Å². The van der Waals surface area contributed by atoms with E-state index in [9.17, 15) is 9.90 Å². The average Bonchev–Trinajstić information content (AvgIpc) is 2.80. The second-order valence-corrected chi connectivity index (χ2v) is 6.63. The molecule has 128 valence electrons. The van der Waals surface area contributed by atoms with Gasteiger partial charge in [0.15, 0.2) is 16.6 Å². The first-order valence-electron chi connectivity index (χ1n) is 8.23. The Morgan fingerprint density at radius 3 is 2.67 bits per heavy atom. The molecule has 0 aromatic heterocycles. The fraction of sp³-hybridized carbons (Fsp3) is 0.444. The average molecular weight is 346 g/mol. The van der Waals surface area contributed by atoms with Crippen molar-refractivity contribution in [3.63, 3.8) is 0 Å². The minimum absolute atomic E-state index is 0.0403. The second kappa shape index (κ2) is 6.81. The van der Waals surface area contributed by atoms with E-state index in [1.54, 1.807) is 34.1 Å². The predicted molar refractivity (Wildman–Crippen MR) is 96.7 cm³/mol. The highest BCUT2D eigenvalue weighted by atomic mass is 32.1. The van der Waals surface area contributed by atoms with Gasteiger partial charge in [-0.15, -0.1) is 0 Å². The van der Waals surface area contributed by atoms with Crippen molar-refractivity contribution in [2.75, 3.05) is 14.2 Å². The van der Waals surface area contributed by atoms with Gasteiger partial charge in [-0.25, -0.2) is 0 Å². The molecule has 1 aromatic rings. The minimum atomic E-state index is -0.0403. The third kappa shape index (κ3) is 2.98. The number of carbonyl (C=O) groups excluding carboxylic acids is 1. The molecule has 0 unspecified atom stereocenters. The van der Waals surface area contributed by atoms with E-state index in [1.165, 1.54) is 13.5 Å². The molecule has 24 heavy (non-hydrogen) atoms. The lowest BCUT2D eigenvalue weighted by molar-refractivity contribution is -0.124. The maximum Gasteiger partial charge on any atom is 0.277 e. The van der Waals surface area contributed by atoms with Crippen molar-refractivity contribution in [2.24, 2.45) is 0 Å². The summed E-state index contributed by atoms with van der Waals surface area (Å²) in [5.41, 5.74) is 1.34. The number of phenolic OH excluding ortho intramolecular Hbond substituents is 1. The highest BCUT2D eigenvalue weighted by molar-refractivity contribution is 7.80. The molecule has 6 heteroatoms. The summed E-state index contributed by atoms with van der Waals surface area (Å²) in [4.78, 5) is 16.4. The number of hydrogen-bond donors (Lipinski definition) is 1. The lowest BCUT2D eigenvalue weighted by Crippen LogP contribution is -2.41. The van der Waals surface area contributed by atoms with Gasteiger partial charge in [-0.2, -0.15) is 0 Å². The van der Waals surface area contributed by atoms with E-state index < -0.39 is 0 Å². The molecule has 1 heterocycles. The summed E-state index contributed by atoms with van der Waals surface area (Å²) in [6, 6.07) is 5.22. The zero-order chi connectivity index (χ0) is 17.3. The van der Waals surface area contributed by atoms with E-state index in [-0.39, 0.29) is 17.7 Å². The first-order valence-corrected chi connectivity index (χ1v) is 8.63. The first-order chi connectivity index (χ1) is 11.5. The zero-order valence-corrected chi connectivity index (χ0v) is 14.8. The molecular weight excluding hydrogens is 324 g/mol. The van der Waals surface area contributed by atoms with Crippen molar-refractivity contribution in [1.82, 2.24) is 9.80 Å². The van der Waals surface area contributed by atoms with Crippen molar-refractivity contribution < 1.29 is 14.6 Å². The van der Waals surface area contributed by atoms with Gasteiger partial charge in [0, 0.05) is 13.1 Å². The van der Waals surface area contributed by atoms with Crippen LogP contribution in [-0.2, 0) is 4.79 Å². The normalized spacial score (nSPS) is 21.0. The van der Waals surface area contributed by atoms with Crippen LogP contribution in [0, 0.1) is 0 Å². The molecule has 1 amide bonds. The Balaban J connectivity index is 1.90. The Morgan fingerprint density at radius 2 is 2.00 bits per heavy atom. The Bertz CT molecular complexity index is 696. The van der Waals surface area contributed by atoms with Gasteiger partial charge in [-0.3, -0.25) is 9.69 Å². The Labute approximate surface area is 147 Å². The summed E-state index contributed by atoms with van der Waals surface area (Å²) in [7, 11) is 3.32. The molecule has 3 rings (SSSR count). The van der Waals surface area contributed by atoms with Crippen molar-refractivity contribution in [3.8, 4) is 11.5 Å². The maximum absolute atomic E-state index is 12.9. The molecule has 2 aliphatic rings. The zero-order valence-electron chi connectivity index (χ0n) is 14.0. The number of methoxy groups -OCH3 is 1. The molecule has 1 saturated carbocycles. The second-order valence-electron chi connectivity index (χ2n) is 6.27. The van der Waals surface area contributed by atoms with Crippen LogP contribution in [0.3, 0.4) is 0 Å². The van der Waals surface area contributed by atoms with Crippen molar-refractivity contribution in [1.29, 1.82) is 0 Å². The third-order valence-corrected chi connectivity index (χ3v) is 5.21. The van der Waals surface area contributed by atoms with Crippen molar-refractivity contribution >= 4 is 29.3 Å².